The highest BCUT2D eigenvalue weighted by atomic mass is 32.2. The molecule has 0 fully saturated rings. The third-order valence-corrected chi connectivity index (χ3v) is 5.76. The number of hydrogen-bond acceptors (Lipinski definition) is 8. The van der Waals surface area contributed by atoms with Gasteiger partial charge in [0.25, 0.3) is 5.69 Å². The van der Waals surface area contributed by atoms with Gasteiger partial charge >= 0.3 is 5.91 Å². The first kappa shape index (κ1) is 20.4. The van der Waals surface area contributed by atoms with Crippen LogP contribution in [0.2, 0.25) is 0 Å². The molecule has 0 radical (unpaired) electrons. The van der Waals surface area contributed by atoms with Crippen LogP contribution in [0.25, 0.3) is 21.7 Å². The number of nitrogens with one attached hydrogen (secondary N) is 2. The summed E-state index contributed by atoms with van der Waals surface area (Å²) < 4.78 is 5.66. The number of carbonyl (C=O) groups excluding carboxylic acids is 1. The monoisotopic (exact) mass is 458 g/mol. The molecule has 1 amide bonds. The van der Waals surface area contributed by atoms with E-state index in [0.717, 1.165) is 27.9 Å². The molecule has 5 rings (SSSR count). The molecule has 2 heterocycles. The number of carbonyl (C=O) groups is 1. The molecule has 33 heavy (non-hydrogen) atoms. The van der Waals surface area contributed by atoms with Gasteiger partial charge in [-0.05, 0) is 40.7 Å². The van der Waals surface area contributed by atoms with Crippen molar-refractivity contribution in [2.45, 2.75) is 10.1 Å². The van der Waals surface area contributed by atoms with E-state index in [1.807, 2.05) is 36.4 Å². The third-order valence-electron chi connectivity index (χ3n) is 4.81. The van der Waals surface area contributed by atoms with E-state index in [1.54, 1.807) is 18.2 Å². The van der Waals surface area contributed by atoms with Gasteiger partial charge in [0.05, 0.1) is 16.0 Å². The van der Waals surface area contributed by atoms with Crippen molar-refractivity contribution in [2.75, 3.05) is 0 Å². The minimum Gasteiger partial charge on any atom is -0.451 e. The number of hydrogen-bond donors (Lipinski definition) is 2. The van der Waals surface area contributed by atoms with Crippen molar-refractivity contribution in [3.8, 4) is 0 Å². The summed E-state index contributed by atoms with van der Waals surface area (Å²) in [5, 5.41) is 25.0. The van der Waals surface area contributed by atoms with Gasteiger partial charge in [0.2, 0.25) is 0 Å². The second-order valence-corrected chi connectivity index (χ2v) is 7.92. The number of nitro benzene ring substituents is 1. The molecule has 0 aliphatic rings. The predicted molar refractivity (Wildman–Crippen MR) is 122 cm³/mol. The lowest BCUT2D eigenvalue weighted by atomic mass is 10.1. The summed E-state index contributed by atoms with van der Waals surface area (Å²) in [4.78, 5) is 27.8. The average molecular weight is 458 g/mol. The van der Waals surface area contributed by atoms with Crippen LogP contribution in [0.5, 0.6) is 0 Å². The molecule has 0 unspecified atom stereocenters. The first-order chi connectivity index (χ1) is 16.1. The lowest BCUT2D eigenvalue weighted by Crippen LogP contribution is -2.16. The van der Waals surface area contributed by atoms with Gasteiger partial charge in [-0.3, -0.25) is 20.0 Å². The summed E-state index contributed by atoms with van der Waals surface area (Å²) in [6.07, 6.45) is 2.65. The normalized spacial score (nSPS) is 11.4. The van der Waals surface area contributed by atoms with E-state index in [-0.39, 0.29) is 11.4 Å². The first-order valence-corrected chi connectivity index (χ1v) is 10.5. The van der Waals surface area contributed by atoms with Crippen molar-refractivity contribution >= 4 is 51.3 Å². The van der Waals surface area contributed by atoms with E-state index in [9.17, 15) is 14.9 Å². The maximum Gasteiger partial charge on any atom is 0.307 e. The van der Waals surface area contributed by atoms with Crippen LogP contribution in [0.3, 0.4) is 0 Å². The molecule has 0 aliphatic carbocycles. The Kier molecular flexibility index (Phi) is 5.29. The minimum absolute atomic E-state index is 0.114. The van der Waals surface area contributed by atoms with Crippen molar-refractivity contribution in [3.63, 3.8) is 0 Å². The number of benzene rings is 3. The fraction of sp³-hybridized carbons (Fsp3) is 0. The molecule has 0 saturated carbocycles. The van der Waals surface area contributed by atoms with Crippen LogP contribution < -0.4 is 5.43 Å². The van der Waals surface area contributed by atoms with Crippen molar-refractivity contribution < 1.29 is 14.1 Å². The van der Waals surface area contributed by atoms with Gasteiger partial charge in [-0.15, -0.1) is 0 Å². The van der Waals surface area contributed by atoms with E-state index in [2.05, 4.69) is 25.7 Å². The highest BCUT2D eigenvalue weighted by molar-refractivity contribution is 7.99. The summed E-state index contributed by atoms with van der Waals surface area (Å²) in [7, 11) is 0. The number of fused-ring (bicyclic) bond motifs is 3. The number of rotatable bonds is 6. The maximum atomic E-state index is 12.5. The Bertz CT molecular complexity index is 1530. The van der Waals surface area contributed by atoms with Gasteiger partial charge in [-0.1, -0.05) is 36.4 Å². The van der Waals surface area contributed by atoms with Gasteiger partial charge in [0, 0.05) is 17.0 Å². The zero-order valence-electron chi connectivity index (χ0n) is 16.8. The van der Waals surface area contributed by atoms with Gasteiger partial charge in [-0.25, -0.2) is 10.4 Å². The van der Waals surface area contributed by atoms with Crippen LogP contribution in [0.4, 0.5) is 5.69 Å². The van der Waals surface area contributed by atoms with E-state index < -0.39 is 10.8 Å². The van der Waals surface area contributed by atoms with Crippen LogP contribution in [-0.4, -0.2) is 32.2 Å². The molecule has 0 atom stereocenters. The molecule has 3 aromatic carbocycles. The van der Waals surface area contributed by atoms with E-state index in [4.69, 9.17) is 4.42 Å². The Morgan fingerprint density at radius 2 is 2.03 bits per heavy atom. The van der Waals surface area contributed by atoms with Gasteiger partial charge in [-0.2, -0.15) is 10.2 Å². The molecule has 2 N–H and O–H groups in total. The summed E-state index contributed by atoms with van der Waals surface area (Å²) in [5.41, 5.74) is 3.32. The smallest absolute Gasteiger partial charge is 0.307 e. The third kappa shape index (κ3) is 4.16. The van der Waals surface area contributed by atoms with Crippen molar-refractivity contribution in [1.29, 1.82) is 0 Å². The predicted octanol–water partition coefficient (Wildman–Crippen LogP) is 4.53. The van der Waals surface area contributed by atoms with Gasteiger partial charge in [0.1, 0.15) is 11.9 Å². The van der Waals surface area contributed by atoms with Crippen molar-refractivity contribution in [1.82, 2.24) is 20.6 Å². The lowest BCUT2D eigenvalue weighted by Gasteiger charge is -2.02. The molecule has 0 spiro atoms. The Hall–Kier alpha value is -4.51. The molecule has 0 saturated heterocycles. The number of aromatic amines is 1. The molecule has 0 bridgehead atoms. The Morgan fingerprint density at radius 1 is 1.15 bits per heavy atom. The molecule has 0 aliphatic heterocycles. The van der Waals surface area contributed by atoms with Crippen LogP contribution in [-0.2, 0) is 0 Å². The molecular weight excluding hydrogens is 444 g/mol. The molecule has 5 aromatic rings. The lowest BCUT2D eigenvalue weighted by molar-refractivity contribution is -0.387. The summed E-state index contributed by atoms with van der Waals surface area (Å²) in [6, 6.07) is 17.8. The zero-order valence-corrected chi connectivity index (χ0v) is 17.6. The number of hydrazone groups is 1. The molecule has 2 aromatic heterocycles. The zero-order chi connectivity index (χ0) is 22.8. The quantitative estimate of drug-likeness (QED) is 0.216. The van der Waals surface area contributed by atoms with Crippen LogP contribution in [0, 0.1) is 10.1 Å². The number of amides is 1. The highest BCUT2D eigenvalue weighted by Gasteiger charge is 2.17. The summed E-state index contributed by atoms with van der Waals surface area (Å²) in [6.45, 7) is 0. The van der Waals surface area contributed by atoms with Gasteiger partial charge < -0.3 is 4.42 Å². The topological polar surface area (TPSA) is 139 Å². The number of furan rings is 1. The molecule has 162 valence electrons. The highest BCUT2D eigenvalue weighted by Crippen LogP contribution is 2.33. The maximum absolute atomic E-state index is 12.5. The number of H-pyrrole nitrogens is 1. The van der Waals surface area contributed by atoms with Gasteiger partial charge in [0.15, 0.2) is 10.9 Å². The molecule has 10 nitrogen and oxygen atoms in total. The van der Waals surface area contributed by atoms with Crippen LogP contribution >= 0.6 is 11.8 Å². The standard InChI is InChI=1S/C22H14N6O4S/c29-21(19-10-16-15-4-2-1-3-14(15)6-7-18(16)32-19)26-24-11-13-5-8-20(17(9-13)28(30)31)33-22-23-12-25-27-22/h1-12H,(H,26,29)(H,23,25,27). The molecular formula is C22H14N6O4S. The number of aromatic nitrogens is 3. The second-order valence-electron chi connectivity index (χ2n) is 6.89. The largest absolute Gasteiger partial charge is 0.451 e. The van der Waals surface area contributed by atoms with Crippen molar-refractivity contribution in [2.24, 2.45) is 5.10 Å². The number of nitro groups is 1. The second kappa shape index (κ2) is 8.55. The Labute approximate surface area is 189 Å². The van der Waals surface area contributed by atoms with E-state index in [1.165, 1.54) is 18.6 Å². The minimum atomic E-state index is -0.529. The summed E-state index contributed by atoms with van der Waals surface area (Å²) in [5.74, 6) is -0.415. The van der Waals surface area contributed by atoms with Crippen molar-refractivity contribution in [3.05, 3.63) is 88.4 Å². The fourth-order valence-corrected chi connectivity index (χ4v) is 4.10. The van der Waals surface area contributed by atoms with E-state index in [0.29, 0.717) is 21.2 Å². The first-order valence-electron chi connectivity index (χ1n) is 9.65. The average Bonchev–Trinajstić information content (AvgIpc) is 3.49. The Morgan fingerprint density at radius 3 is 2.85 bits per heavy atom. The fourth-order valence-electron chi connectivity index (χ4n) is 3.32. The molecule has 11 heteroatoms. The SMILES string of the molecule is O=C(NN=Cc1ccc(Sc2ncn[nH]2)c([N+](=O)[O-])c1)c1cc2c(ccc3ccccc32)o1. The Balaban J connectivity index is 1.33. The number of nitrogens with zero attached hydrogens (tertiary/aromatic N) is 4. The summed E-state index contributed by atoms with van der Waals surface area (Å²) >= 11 is 1.09. The van der Waals surface area contributed by atoms with Crippen LogP contribution in [0.15, 0.2) is 86.6 Å². The van der Waals surface area contributed by atoms with E-state index >= 15 is 0 Å². The van der Waals surface area contributed by atoms with Crippen LogP contribution in [0.1, 0.15) is 16.1 Å².